The Morgan fingerprint density at radius 1 is 1.30 bits per heavy atom. The average molecular weight is 423 g/mol. The standard InChI is InChI=1S/C22H22N4O3S/c1-3-20-25-26(14-15-7-5-4-6-8-15)22(30-20)24-21(28)17(13-23)11-16-9-10-18(27)19(12-16)29-2/h4-10,12,17,27H,3,11,14H2,1-2H3/t17-/m1/s1. The lowest BCUT2D eigenvalue weighted by molar-refractivity contribution is -0.120. The maximum Gasteiger partial charge on any atom is 0.266 e. The summed E-state index contributed by atoms with van der Waals surface area (Å²) in [5, 5.41) is 24.7. The highest BCUT2D eigenvalue weighted by Gasteiger charge is 2.19. The molecule has 3 rings (SSSR count). The van der Waals surface area contributed by atoms with Crippen LogP contribution in [0.3, 0.4) is 0 Å². The molecule has 0 aliphatic carbocycles. The van der Waals surface area contributed by atoms with Crippen molar-refractivity contribution < 1.29 is 14.6 Å². The summed E-state index contributed by atoms with van der Waals surface area (Å²) in [4.78, 5) is 17.5. The molecular weight excluding hydrogens is 400 g/mol. The third-order valence-corrected chi connectivity index (χ3v) is 5.57. The lowest BCUT2D eigenvalue weighted by atomic mass is 10.00. The van der Waals surface area contributed by atoms with E-state index < -0.39 is 11.8 Å². The number of hydrogen-bond donors (Lipinski definition) is 1. The maximum absolute atomic E-state index is 12.8. The summed E-state index contributed by atoms with van der Waals surface area (Å²) >= 11 is 1.35. The van der Waals surface area contributed by atoms with Gasteiger partial charge in [0.2, 0.25) is 4.80 Å². The van der Waals surface area contributed by atoms with Gasteiger partial charge in [-0.15, -0.1) is 0 Å². The minimum absolute atomic E-state index is 0.00415. The molecule has 1 aromatic heterocycles. The number of hydrogen-bond acceptors (Lipinski definition) is 6. The number of benzene rings is 2. The fraction of sp³-hybridized carbons (Fsp3) is 0.273. The summed E-state index contributed by atoms with van der Waals surface area (Å²) in [6.45, 7) is 2.49. The molecule has 3 aromatic rings. The molecule has 1 heterocycles. The Balaban J connectivity index is 1.86. The normalized spacial score (nSPS) is 12.4. The molecule has 7 nitrogen and oxygen atoms in total. The Morgan fingerprint density at radius 3 is 2.73 bits per heavy atom. The zero-order valence-corrected chi connectivity index (χ0v) is 17.6. The molecule has 1 N–H and O–H groups in total. The van der Waals surface area contributed by atoms with Crippen LogP contribution < -0.4 is 9.54 Å². The second kappa shape index (κ2) is 9.85. The van der Waals surface area contributed by atoms with Crippen LogP contribution in [0.4, 0.5) is 0 Å². The minimum atomic E-state index is -0.948. The van der Waals surface area contributed by atoms with E-state index in [1.54, 1.807) is 16.8 Å². The van der Waals surface area contributed by atoms with Crippen molar-refractivity contribution >= 4 is 17.2 Å². The van der Waals surface area contributed by atoms with E-state index in [0.29, 0.717) is 22.7 Å². The largest absolute Gasteiger partial charge is 0.504 e. The summed E-state index contributed by atoms with van der Waals surface area (Å²) in [5.74, 6) is -1.16. The molecular formula is C22H22N4O3S. The number of carbonyl (C=O) groups excluding carboxylic acids is 1. The van der Waals surface area contributed by atoms with Crippen LogP contribution in [0.1, 0.15) is 23.1 Å². The van der Waals surface area contributed by atoms with Crippen LogP contribution in [0.5, 0.6) is 11.5 Å². The lowest BCUT2D eigenvalue weighted by Gasteiger charge is -2.08. The molecule has 1 atom stereocenters. The van der Waals surface area contributed by atoms with Gasteiger partial charge in [-0.25, -0.2) is 4.68 Å². The van der Waals surface area contributed by atoms with Gasteiger partial charge >= 0.3 is 0 Å². The van der Waals surface area contributed by atoms with Crippen molar-refractivity contribution in [2.24, 2.45) is 10.9 Å². The predicted molar refractivity (Wildman–Crippen MR) is 113 cm³/mol. The Kier molecular flexibility index (Phi) is 6.99. The zero-order valence-electron chi connectivity index (χ0n) is 16.8. The molecule has 0 spiro atoms. The number of nitrogens with zero attached hydrogens (tertiary/aromatic N) is 4. The fourth-order valence-corrected chi connectivity index (χ4v) is 3.72. The van der Waals surface area contributed by atoms with E-state index in [2.05, 4.69) is 10.1 Å². The highest BCUT2D eigenvalue weighted by atomic mass is 32.1. The molecule has 0 aliphatic heterocycles. The van der Waals surface area contributed by atoms with Gasteiger partial charge in [-0.3, -0.25) is 4.79 Å². The summed E-state index contributed by atoms with van der Waals surface area (Å²) in [7, 11) is 1.45. The van der Waals surface area contributed by atoms with Gasteiger partial charge in [-0.2, -0.15) is 15.4 Å². The first-order chi connectivity index (χ1) is 14.5. The van der Waals surface area contributed by atoms with E-state index in [1.165, 1.54) is 24.5 Å². The Bertz CT molecular complexity index is 1130. The molecule has 0 fully saturated rings. The van der Waals surface area contributed by atoms with Crippen LogP contribution in [-0.2, 0) is 24.2 Å². The number of rotatable bonds is 7. The first kappa shape index (κ1) is 21.3. The lowest BCUT2D eigenvalue weighted by Crippen LogP contribution is -2.22. The molecule has 0 bridgehead atoms. The molecule has 0 saturated carbocycles. The number of ether oxygens (including phenoxy) is 1. The molecule has 8 heteroatoms. The highest BCUT2D eigenvalue weighted by Crippen LogP contribution is 2.27. The van der Waals surface area contributed by atoms with Crippen molar-refractivity contribution in [2.45, 2.75) is 26.3 Å². The third-order valence-electron chi connectivity index (χ3n) is 4.48. The van der Waals surface area contributed by atoms with Crippen LogP contribution >= 0.6 is 11.3 Å². The number of aryl methyl sites for hydroxylation is 1. The van der Waals surface area contributed by atoms with Crippen molar-refractivity contribution in [3.05, 3.63) is 69.5 Å². The number of amides is 1. The van der Waals surface area contributed by atoms with Crippen molar-refractivity contribution in [3.63, 3.8) is 0 Å². The molecule has 30 heavy (non-hydrogen) atoms. The first-order valence-corrected chi connectivity index (χ1v) is 10.3. The Morgan fingerprint density at radius 2 is 2.07 bits per heavy atom. The minimum Gasteiger partial charge on any atom is -0.504 e. The van der Waals surface area contributed by atoms with Gasteiger partial charge in [-0.1, -0.05) is 54.7 Å². The van der Waals surface area contributed by atoms with Crippen LogP contribution in [0, 0.1) is 17.2 Å². The van der Waals surface area contributed by atoms with Crippen LogP contribution in [-0.4, -0.2) is 27.9 Å². The summed E-state index contributed by atoms with van der Waals surface area (Å²) < 4.78 is 6.80. The number of nitriles is 1. The van der Waals surface area contributed by atoms with Crippen LogP contribution in [0.25, 0.3) is 0 Å². The number of carbonyl (C=O) groups is 1. The predicted octanol–water partition coefficient (Wildman–Crippen LogP) is 3.08. The van der Waals surface area contributed by atoms with Crippen molar-refractivity contribution in [2.75, 3.05) is 7.11 Å². The van der Waals surface area contributed by atoms with E-state index in [-0.39, 0.29) is 12.2 Å². The molecule has 2 aromatic carbocycles. The molecule has 0 radical (unpaired) electrons. The first-order valence-electron chi connectivity index (χ1n) is 9.48. The van der Waals surface area contributed by atoms with Gasteiger partial charge in [0.15, 0.2) is 11.5 Å². The van der Waals surface area contributed by atoms with Crippen LogP contribution in [0.2, 0.25) is 0 Å². The second-order valence-electron chi connectivity index (χ2n) is 6.62. The van der Waals surface area contributed by atoms with Gasteiger partial charge in [0.05, 0.1) is 19.7 Å². The number of methoxy groups -OCH3 is 1. The van der Waals surface area contributed by atoms with Gasteiger partial charge in [0.1, 0.15) is 10.9 Å². The Hall–Kier alpha value is -3.44. The van der Waals surface area contributed by atoms with Crippen molar-refractivity contribution in [1.82, 2.24) is 9.78 Å². The Labute approximate surface area is 178 Å². The van der Waals surface area contributed by atoms with Gasteiger partial charge < -0.3 is 9.84 Å². The molecule has 0 unspecified atom stereocenters. The smallest absolute Gasteiger partial charge is 0.266 e. The maximum atomic E-state index is 12.8. The van der Waals surface area contributed by atoms with Crippen molar-refractivity contribution in [3.8, 4) is 17.6 Å². The number of aromatic nitrogens is 2. The van der Waals surface area contributed by atoms with Gasteiger partial charge in [-0.05, 0) is 36.1 Å². The SMILES string of the molecule is CCc1nn(Cc2ccccc2)c(=NC(=O)[C@@H](C#N)Cc2ccc(O)c(OC)c2)s1. The van der Waals surface area contributed by atoms with Gasteiger partial charge in [0, 0.05) is 0 Å². The van der Waals surface area contributed by atoms with E-state index in [9.17, 15) is 15.2 Å². The summed E-state index contributed by atoms with van der Waals surface area (Å²) in [5.41, 5.74) is 1.75. The highest BCUT2D eigenvalue weighted by molar-refractivity contribution is 7.08. The number of aromatic hydroxyl groups is 1. The molecule has 0 saturated heterocycles. The van der Waals surface area contributed by atoms with Gasteiger partial charge in [0.25, 0.3) is 5.91 Å². The van der Waals surface area contributed by atoms with E-state index in [4.69, 9.17) is 4.74 Å². The molecule has 154 valence electrons. The number of phenols is 1. The fourth-order valence-electron chi connectivity index (χ4n) is 2.88. The van der Waals surface area contributed by atoms with Crippen LogP contribution in [0.15, 0.2) is 53.5 Å². The van der Waals surface area contributed by atoms with Crippen molar-refractivity contribution in [1.29, 1.82) is 5.26 Å². The summed E-state index contributed by atoms with van der Waals surface area (Å²) in [6.07, 6.45) is 0.908. The van der Waals surface area contributed by atoms with E-state index >= 15 is 0 Å². The molecule has 1 amide bonds. The van der Waals surface area contributed by atoms with E-state index in [0.717, 1.165) is 17.0 Å². The third kappa shape index (κ3) is 5.13. The monoisotopic (exact) mass is 422 g/mol. The summed E-state index contributed by atoms with van der Waals surface area (Å²) in [6, 6.07) is 16.6. The second-order valence-corrected chi connectivity index (χ2v) is 7.66. The number of phenolic OH excluding ortho intramolecular Hbond substituents is 1. The topological polar surface area (TPSA) is 100 Å². The average Bonchev–Trinajstić information content (AvgIpc) is 3.15. The molecule has 0 aliphatic rings. The quantitative estimate of drug-likeness (QED) is 0.631. The zero-order chi connectivity index (χ0) is 21.5. The van der Waals surface area contributed by atoms with E-state index in [1.807, 2.05) is 43.3 Å².